The number of nitrogens with one attached hydrogen (secondary N) is 1. The molecule has 1 aliphatic rings. The predicted octanol–water partition coefficient (Wildman–Crippen LogP) is 3.92. The van der Waals surface area contributed by atoms with Crippen LogP contribution in [0.2, 0.25) is 5.02 Å². The van der Waals surface area contributed by atoms with Gasteiger partial charge in [-0.1, -0.05) is 23.7 Å². The summed E-state index contributed by atoms with van der Waals surface area (Å²) < 4.78 is 0. The fourth-order valence-electron chi connectivity index (χ4n) is 2.68. The van der Waals surface area contributed by atoms with Gasteiger partial charge in [-0.3, -0.25) is 9.89 Å². The number of hydrogen-bond donors (Lipinski definition) is 1. The number of aromatic nitrogens is 2. The van der Waals surface area contributed by atoms with Gasteiger partial charge in [0.15, 0.2) is 0 Å². The van der Waals surface area contributed by atoms with E-state index in [-0.39, 0.29) is 5.91 Å². The molecule has 1 amide bonds. The molecule has 0 bridgehead atoms. The average molecular weight is 332 g/mol. The van der Waals surface area contributed by atoms with Gasteiger partial charge in [-0.05, 0) is 49.4 Å². The second-order valence-electron chi connectivity index (χ2n) is 6.32. The molecule has 3 rings (SSSR count). The van der Waals surface area contributed by atoms with Crippen molar-refractivity contribution in [3.05, 3.63) is 52.3 Å². The molecule has 5 heteroatoms. The summed E-state index contributed by atoms with van der Waals surface area (Å²) in [7, 11) is 1.85. The summed E-state index contributed by atoms with van der Waals surface area (Å²) in [4.78, 5) is 14.0. The third-order valence-corrected chi connectivity index (χ3v) is 4.50. The lowest BCUT2D eigenvalue weighted by Crippen LogP contribution is -2.26. The molecule has 2 aromatic rings. The molecule has 1 saturated carbocycles. The minimum absolute atomic E-state index is 0.168. The van der Waals surface area contributed by atoms with Crippen LogP contribution in [-0.4, -0.2) is 28.1 Å². The molecule has 0 unspecified atom stereocenters. The van der Waals surface area contributed by atoms with Crippen LogP contribution >= 0.6 is 11.6 Å². The van der Waals surface area contributed by atoms with Gasteiger partial charge in [-0.15, -0.1) is 0 Å². The van der Waals surface area contributed by atoms with Gasteiger partial charge in [0, 0.05) is 24.4 Å². The van der Waals surface area contributed by atoms with Gasteiger partial charge in [0.05, 0.1) is 17.9 Å². The van der Waals surface area contributed by atoms with Crippen LogP contribution in [0.5, 0.6) is 0 Å². The molecule has 4 nitrogen and oxygen atoms in total. The van der Waals surface area contributed by atoms with Crippen LogP contribution in [0.25, 0.3) is 0 Å². The van der Waals surface area contributed by atoms with Crippen LogP contribution in [0.3, 0.4) is 0 Å². The third kappa shape index (κ3) is 4.58. The van der Waals surface area contributed by atoms with Crippen LogP contribution in [0.15, 0.2) is 30.3 Å². The number of H-pyrrole nitrogens is 1. The Morgan fingerprint density at radius 2 is 2.09 bits per heavy atom. The van der Waals surface area contributed by atoms with Crippen molar-refractivity contribution in [2.45, 2.75) is 44.6 Å². The van der Waals surface area contributed by atoms with Crippen molar-refractivity contribution in [2.24, 2.45) is 0 Å². The van der Waals surface area contributed by atoms with Crippen LogP contribution in [-0.2, 0) is 17.8 Å². The molecule has 0 spiro atoms. The highest BCUT2D eigenvalue weighted by Crippen LogP contribution is 2.39. The summed E-state index contributed by atoms with van der Waals surface area (Å²) in [5.41, 5.74) is 3.37. The SMILES string of the molecule is CN(Cc1cc(C2CC2)n[nH]1)C(=O)CCCc1ccc(Cl)cc1. The molecular formula is C18H22ClN3O. The second kappa shape index (κ2) is 7.18. The molecule has 1 aromatic heterocycles. The van der Waals surface area contributed by atoms with Gasteiger partial charge in [0.1, 0.15) is 0 Å². The van der Waals surface area contributed by atoms with E-state index in [2.05, 4.69) is 16.3 Å². The molecule has 122 valence electrons. The zero-order valence-electron chi connectivity index (χ0n) is 13.4. The van der Waals surface area contributed by atoms with Gasteiger partial charge < -0.3 is 4.90 Å². The van der Waals surface area contributed by atoms with E-state index >= 15 is 0 Å². The number of carbonyl (C=O) groups excluding carboxylic acids is 1. The molecule has 0 atom stereocenters. The molecule has 0 saturated heterocycles. The zero-order valence-corrected chi connectivity index (χ0v) is 14.1. The van der Waals surface area contributed by atoms with Crippen LogP contribution < -0.4 is 0 Å². The summed E-state index contributed by atoms with van der Waals surface area (Å²) in [5.74, 6) is 0.807. The quantitative estimate of drug-likeness (QED) is 0.836. The third-order valence-electron chi connectivity index (χ3n) is 4.25. The lowest BCUT2D eigenvalue weighted by molar-refractivity contribution is -0.130. The normalized spacial score (nSPS) is 14.0. The maximum absolute atomic E-state index is 12.2. The Kier molecular flexibility index (Phi) is 5.01. The van der Waals surface area contributed by atoms with Crippen LogP contribution in [0.4, 0.5) is 0 Å². The minimum Gasteiger partial charge on any atom is -0.340 e. The highest BCUT2D eigenvalue weighted by Gasteiger charge is 2.26. The molecule has 1 fully saturated rings. The Labute approximate surface area is 141 Å². The fourth-order valence-corrected chi connectivity index (χ4v) is 2.80. The van der Waals surface area contributed by atoms with E-state index in [0.717, 1.165) is 29.3 Å². The van der Waals surface area contributed by atoms with Gasteiger partial charge in [0.2, 0.25) is 5.91 Å². The first-order valence-corrected chi connectivity index (χ1v) is 8.52. The number of nitrogens with zero attached hydrogens (tertiary/aromatic N) is 2. The fraction of sp³-hybridized carbons (Fsp3) is 0.444. The smallest absolute Gasteiger partial charge is 0.222 e. The second-order valence-corrected chi connectivity index (χ2v) is 6.76. The van der Waals surface area contributed by atoms with E-state index < -0.39 is 0 Å². The number of hydrogen-bond acceptors (Lipinski definition) is 2. The number of aryl methyl sites for hydroxylation is 1. The first-order valence-electron chi connectivity index (χ1n) is 8.14. The summed E-state index contributed by atoms with van der Waals surface area (Å²) in [6.45, 7) is 0.597. The summed E-state index contributed by atoms with van der Waals surface area (Å²) >= 11 is 5.87. The molecule has 1 N–H and O–H groups in total. The minimum atomic E-state index is 0.168. The Morgan fingerprint density at radius 3 is 2.78 bits per heavy atom. The van der Waals surface area contributed by atoms with Crippen LogP contribution in [0, 0.1) is 0 Å². The number of benzene rings is 1. The number of aromatic amines is 1. The van der Waals surface area contributed by atoms with Crippen molar-refractivity contribution in [1.82, 2.24) is 15.1 Å². The van der Waals surface area contributed by atoms with Gasteiger partial charge >= 0.3 is 0 Å². The molecule has 23 heavy (non-hydrogen) atoms. The highest BCUT2D eigenvalue weighted by atomic mass is 35.5. The number of halogens is 1. The van der Waals surface area contributed by atoms with Crippen molar-refractivity contribution in [3.63, 3.8) is 0 Å². The zero-order chi connectivity index (χ0) is 16.2. The largest absolute Gasteiger partial charge is 0.340 e. The molecule has 1 aliphatic carbocycles. The first-order chi connectivity index (χ1) is 11.1. The van der Waals surface area contributed by atoms with Crippen molar-refractivity contribution >= 4 is 17.5 Å². The first kappa shape index (κ1) is 16.1. The van der Waals surface area contributed by atoms with E-state index in [1.807, 2.05) is 31.3 Å². The Morgan fingerprint density at radius 1 is 1.35 bits per heavy atom. The van der Waals surface area contributed by atoms with E-state index in [4.69, 9.17) is 11.6 Å². The number of rotatable bonds is 7. The molecule has 0 aliphatic heterocycles. The van der Waals surface area contributed by atoms with E-state index in [0.29, 0.717) is 18.9 Å². The number of amides is 1. The molecule has 1 aromatic carbocycles. The summed E-state index contributed by atoms with van der Waals surface area (Å²) in [6.07, 6.45) is 4.78. The Balaban J connectivity index is 1.42. The van der Waals surface area contributed by atoms with Crippen molar-refractivity contribution < 1.29 is 4.79 Å². The van der Waals surface area contributed by atoms with Gasteiger partial charge in [-0.25, -0.2) is 0 Å². The highest BCUT2D eigenvalue weighted by molar-refractivity contribution is 6.30. The molecular weight excluding hydrogens is 310 g/mol. The van der Waals surface area contributed by atoms with Crippen molar-refractivity contribution in [3.8, 4) is 0 Å². The molecule has 0 radical (unpaired) electrons. The van der Waals surface area contributed by atoms with E-state index in [1.54, 1.807) is 4.90 Å². The Bertz CT molecular complexity index is 661. The summed E-state index contributed by atoms with van der Waals surface area (Å²) in [6, 6.07) is 9.90. The van der Waals surface area contributed by atoms with Crippen LogP contribution in [0.1, 0.15) is 48.6 Å². The van der Waals surface area contributed by atoms with E-state index in [9.17, 15) is 4.79 Å². The number of carbonyl (C=O) groups is 1. The topological polar surface area (TPSA) is 49.0 Å². The predicted molar refractivity (Wildman–Crippen MR) is 91.4 cm³/mol. The maximum Gasteiger partial charge on any atom is 0.222 e. The maximum atomic E-state index is 12.2. The van der Waals surface area contributed by atoms with Gasteiger partial charge in [-0.2, -0.15) is 5.10 Å². The van der Waals surface area contributed by atoms with Crippen molar-refractivity contribution in [1.29, 1.82) is 0 Å². The molecule has 1 heterocycles. The standard InChI is InChI=1S/C18H22ClN3O/c1-22(12-16-11-17(21-20-16)14-7-8-14)18(23)4-2-3-13-5-9-15(19)10-6-13/h5-6,9-11,14H,2-4,7-8,12H2,1H3,(H,20,21). The Hall–Kier alpha value is -1.81. The monoisotopic (exact) mass is 331 g/mol. The van der Waals surface area contributed by atoms with E-state index in [1.165, 1.54) is 18.4 Å². The lowest BCUT2D eigenvalue weighted by Gasteiger charge is -2.16. The van der Waals surface area contributed by atoms with Crippen molar-refractivity contribution in [2.75, 3.05) is 7.05 Å². The average Bonchev–Trinajstić information content (AvgIpc) is 3.29. The van der Waals surface area contributed by atoms with Gasteiger partial charge in [0.25, 0.3) is 0 Å². The summed E-state index contributed by atoms with van der Waals surface area (Å²) in [5, 5.41) is 8.11. The lowest BCUT2D eigenvalue weighted by atomic mass is 10.1.